The normalized spacial score (nSPS) is 12.3. The van der Waals surface area contributed by atoms with E-state index in [-0.39, 0.29) is 11.9 Å². The largest absolute Gasteiger partial charge is 0.378 e. The number of aryl methyl sites for hydroxylation is 1. The molecule has 0 fully saturated rings. The summed E-state index contributed by atoms with van der Waals surface area (Å²) in [4.78, 5) is 0. The highest BCUT2D eigenvalue weighted by molar-refractivity contribution is 9.10. The zero-order valence-electron chi connectivity index (χ0n) is 11.7. The van der Waals surface area contributed by atoms with Crippen LogP contribution in [0, 0.1) is 12.7 Å². The van der Waals surface area contributed by atoms with Crippen LogP contribution in [0.1, 0.15) is 30.5 Å². The summed E-state index contributed by atoms with van der Waals surface area (Å²) in [6.07, 6.45) is 0.867. The van der Waals surface area contributed by atoms with Crippen molar-refractivity contribution in [2.75, 3.05) is 5.32 Å². The van der Waals surface area contributed by atoms with Crippen molar-refractivity contribution in [3.63, 3.8) is 0 Å². The highest BCUT2D eigenvalue weighted by Crippen LogP contribution is 2.31. The minimum Gasteiger partial charge on any atom is -0.378 e. The molecule has 0 bridgehead atoms. The maximum atomic E-state index is 13.5. The third-order valence-electron chi connectivity index (χ3n) is 3.35. The summed E-state index contributed by atoms with van der Waals surface area (Å²) in [5, 5.41) is 4.50. The highest BCUT2D eigenvalue weighted by atomic mass is 79.9. The number of anilines is 1. The van der Waals surface area contributed by atoms with Crippen LogP contribution in [0.5, 0.6) is 0 Å². The zero-order valence-corrected chi connectivity index (χ0v) is 14.8. The van der Waals surface area contributed by atoms with Gasteiger partial charge in [-0.3, -0.25) is 0 Å². The van der Waals surface area contributed by atoms with E-state index < -0.39 is 0 Å². The standard InChI is InChI=1S/C16H15BrCl2FN/c1-3-15(10-4-5-12(18)13(19)7-10)21-16-8-11(17)14(20)6-9(16)2/h4-8,15,21H,3H2,1-2H3. The lowest BCUT2D eigenvalue weighted by atomic mass is 10.0. The van der Waals surface area contributed by atoms with Crippen LogP contribution in [-0.2, 0) is 0 Å². The number of benzene rings is 2. The smallest absolute Gasteiger partial charge is 0.137 e. The summed E-state index contributed by atoms with van der Waals surface area (Å²) in [6, 6.07) is 8.94. The monoisotopic (exact) mass is 389 g/mol. The molecule has 0 spiro atoms. The second kappa shape index (κ2) is 6.99. The Hall–Kier alpha value is -0.770. The molecule has 112 valence electrons. The maximum absolute atomic E-state index is 13.5. The van der Waals surface area contributed by atoms with Crippen LogP contribution in [0.3, 0.4) is 0 Å². The predicted octanol–water partition coefficient (Wildman–Crippen LogP) is 6.77. The van der Waals surface area contributed by atoms with Crippen LogP contribution in [0.2, 0.25) is 10.0 Å². The first-order valence-corrected chi connectivity index (χ1v) is 8.14. The Balaban J connectivity index is 2.31. The van der Waals surface area contributed by atoms with Crippen molar-refractivity contribution < 1.29 is 4.39 Å². The minimum absolute atomic E-state index is 0.0795. The molecule has 5 heteroatoms. The zero-order chi connectivity index (χ0) is 15.6. The third-order valence-corrected chi connectivity index (χ3v) is 4.70. The minimum atomic E-state index is -0.263. The lowest BCUT2D eigenvalue weighted by molar-refractivity contribution is 0.619. The molecular weight excluding hydrogens is 376 g/mol. The quantitative estimate of drug-likeness (QED) is 0.607. The van der Waals surface area contributed by atoms with Gasteiger partial charge in [-0.25, -0.2) is 4.39 Å². The SMILES string of the molecule is CCC(Nc1cc(Br)c(F)cc1C)c1ccc(Cl)c(Cl)c1. The average Bonchev–Trinajstić information content (AvgIpc) is 2.44. The summed E-state index contributed by atoms with van der Waals surface area (Å²) < 4.78 is 13.9. The van der Waals surface area contributed by atoms with E-state index in [1.165, 1.54) is 6.07 Å². The molecule has 2 rings (SSSR count). The summed E-state index contributed by atoms with van der Waals surface area (Å²) in [6.45, 7) is 3.95. The van der Waals surface area contributed by atoms with Crippen molar-refractivity contribution >= 4 is 44.8 Å². The summed E-state index contributed by atoms with van der Waals surface area (Å²) in [5.74, 6) is -0.263. The molecular formula is C16H15BrCl2FN. The molecule has 0 saturated carbocycles. The second-order valence-electron chi connectivity index (χ2n) is 4.86. The van der Waals surface area contributed by atoms with Gasteiger partial charge in [-0.15, -0.1) is 0 Å². The molecule has 0 aromatic heterocycles. The van der Waals surface area contributed by atoms with E-state index >= 15 is 0 Å². The van der Waals surface area contributed by atoms with Gasteiger partial charge in [0.25, 0.3) is 0 Å². The van der Waals surface area contributed by atoms with Gasteiger partial charge in [0.2, 0.25) is 0 Å². The Bertz CT molecular complexity index is 661. The van der Waals surface area contributed by atoms with E-state index in [1.54, 1.807) is 12.1 Å². The molecule has 0 aliphatic rings. The van der Waals surface area contributed by atoms with Gasteiger partial charge in [-0.1, -0.05) is 36.2 Å². The number of hydrogen-bond acceptors (Lipinski definition) is 1. The number of rotatable bonds is 4. The Morgan fingerprint density at radius 3 is 2.52 bits per heavy atom. The van der Waals surface area contributed by atoms with Crippen LogP contribution in [0.4, 0.5) is 10.1 Å². The van der Waals surface area contributed by atoms with Gasteiger partial charge in [-0.05, 0) is 64.7 Å². The van der Waals surface area contributed by atoms with Crippen molar-refractivity contribution in [2.45, 2.75) is 26.3 Å². The lowest BCUT2D eigenvalue weighted by Crippen LogP contribution is -2.11. The summed E-state index contributed by atoms with van der Waals surface area (Å²) >= 11 is 15.2. The fourth-order valence-corrected chi connectivity index (χ4v) is 2.79. The van der Waals surface area contributed by atoms with Crippen molar-refractivity contribution in [3.05, 3.63) is 61.8 Å². The van der Waals surface area contributed by atoms with E-state index in [1.807, 2.05) is 19.1 Å². The molecule has 0 aliphatic heterocycles. The van der Waals surface area contributed by atoms with Gasteiger partial charge in [-0.2, -0.15) is 0 Å². The van der Waals surface area contributed by atoms with Gasteiger partial charge >= 0.3 is 0 Å². The first kappa shape index (κ1) is 16.6. The van der Waals surface area contributed by atoms with Crippen molar-refractivity contribution in [3.8, 4) is 0 Å². The molecule has 21 heavy (non-hydrogen) atoms. The molecule has 1 atom stereocenters. The molecule has 1 unspecified atom stereocenters. The molecule has 0 amide bonds. The van der Waals surface area contributed by atoms with Crippen LogP contribution in [0.15, 0.2) is 34.8 Å². The summed E-state index contributed by atoms with van der Waals surface area (Å²) in [7, 11) is 0. The van der Waals surface area contributed by atoms with Crippen molar-refractivity contribution in [1.82, 2.24) is 0 Å². The Labute approximate surface area is 142 Å². The number of hydrogen-bond donors (Lipinski definition) is 1. The maximum Gasteiger partial charge on any atom is 0.137 e. The molecule has 2 aromatic carbocycles. The second-order valence-corrected chi connectivity index (χ2v) is 6.53. The van der Waals surface area contributed by atoms with Gasteiger partial charge in [0.1, 0.15) is 5.82 Å². The molecule has 0 radical (unpaired) electrons. The molecule has 1 N–H and O–H groups in total. The molecule has 0 aliphatic carbocycles. The predicted molar refractivity (Wildman–Crippen MR) is 92.0 cm³/mol. The van der Waals surface area contributed by atoms with Gasteiger partial charge in [0.05, 0.1) is 20.6 Å². The fourth-order valence-electron chi connectivity index (χ4n) is 2.14. The highest BCUT2D eigenvalue weighted by Gasteiger charge is 2.13. The Kier molecular flexibility index (Phi) is 5.53. The number of halogens is 4. The topological polar surface area (TPSA) is 12.0 Å². The summed E-state index contributed by atoms with van der Waals surface area (Å²) in [5.41, 5.74) is 2.79. The van der Waals surface area contributed by atoms with Crippen LogP contribution in [0.25, 0.3) is 0 Å². The lowest BCUT2D eigenvalue weighted by Gasteiger charge is -2.21. The van der Waals surface area contributed by atoms with Crippen LogP contribution < -0.4 is 5.32 Å². The molecule has 2 aromatic rings. The average molecular weight is 391 g/mol. The van der Waals surface area contributed by atoms with Crippen LogP contribution >= 0.6 is 39.1 Å². The first-order valence-electron chi connectivity index (χ1n) is 6.59. The van der Waals surface area contributed by atoms with Gasteiger partial charge < -0.3 is 5.32 Å². The van der Waals surface area contributed by atoms with E-state index in [9.17, 15) is 4.39 Å². The van der Waals surface area contributed by atoms with E-state index in [2.05, 4.69) is 28.2 Å². The molecule has 0 saturated heterocycles. The van der Waals surface area contributed by atoms with Crippen molar-refractivity contribution in [2.24, 2.45) is 0 Å². The molecule has 1 nitrogen and oxygen atoms in total. The van der Waals surface area contributed by atoms with Crippen LogP contribution in [-0.4, -0.2) is 0 Å². The number of nitrogens with one attached hydrogen (secondary N) is 1. The van der Waals surface area contributed by atoms with E-state index in [0.717, 1.165) is 23.2 Å². The molecule has 0 heterocycles. The van der Waals surface area contributed by atoms with Crippen molar-refractivity contribution in [1.29, 1.82) is 0 Å². The van der Waals surface area contributed by atoms with E-state index in [4.69, 9.17) is 23.2 Å². The van der Waals surface area contributed by atoms with E-state index in [0.29, 0.717) is 14.5 Å². The Morgan fingerprint density at radius 1 is 1.19 bits per heavy atom. The Morgan fingerprint density at radius 2 is 1.90 bits per heavy atom. The fraction of sp³-hybridized carbons (Fsp3) is 0.250. The van der Waals surface area contributed by atoms with Gasteiger partial charge in [0, 0.05) is 5.69 Å². The van der Waals surface area contributed by atoms with Gasteiger partial charge in [0.15, 0.2) is 0 Å². The first-order chi connectivity index (χ1) is 9.92. The third kappa shape index (κ3) is 3.91.